The highest BCUT2D eigenvalue weighted by Gasteiger charge is 2.31. The van der Waals surface area contributed by atoms with Gasteiger partial charge in [0.15, 0.2) is 5.76 Å². The fourth-order valence-electron chi connectivity index (χ4n) is 4.75. The van der Waals surface area contributed by atoms with Crippen LogP contribution in [0.4, 0.5) is 0 Å². The molecule has 0 bridgehead atoms. The quantitative estimate of drug-likeness (QED) is 0.215. The first-order valence-corrected chi connectivity index (χ1v) is 11.9. The molecule has 1 aliphatic rings. The Labute approximate surface area is 167 Å². The molecule has 1 saturated carbocycles. The number of carbonyl (C=O) groups excluding carboxylic acids is 1. The van der Waals surface area contributed by atoms with Gasteiger partial charge >= 0.3 is 0 Å². The molecule has 2 rings (SSSR count). The second-order valence-electron chi connectivity index (χ2n) is 8.67. The van der Waals surface area contributed by atoms with Crippen LogP contribution in [0.1, 0.15) is 127 Å². The monoisotopic (exact) mass is 374 g/mol. The molecule has 1 aliphatic carbocycles. The molecule has 2 heteroatoms. The van der Waals surface area contributed by atoms with Crippen molar-refractivity contribution in [3.8, 4) is 0 Å². The van der Waals surface area contributed by atoms with Gasteiger partial charge in [0, 0.05) is 5.92 Å². The van der Waals surface area contributed by atoms with E-state index in [1.165, 1.54) is 103 Å². The minimum Gasteiger partial charge on any atom is -0.461 e. The van der Waals surface area contributed by atoms with E-state index in [0.717, 1.165) is 6.42 Å². The second-order valence-corrected chi connectivity index (χ2v) is 8.67. The van der Waals surface area contributed by atoms with Gasteiger partial charge in [0.05, 0.1) is 6.26 Å². The summed E-state index contributed by atoms with van der Waals surface area (Å²) < 4.78 is 5.40. The number of rotatable bonds is 16. The molecule has 0 radical (unpaired) electrons. The van der Waals surface area contributed by atoms with E-state index in [9.17, 15) is 4.79 Å². The molecule has 1 fully saturated rings. The van der Waals surface area contributed by atoms with Crippen LogP contribution in [0.2, 0.25) is 0 Å². The van der Waals surface area contributed by atoms with Crippen LogP contribution in [-0.2, 0) is 0 Å². The van der Waals surface area contributed by atoms with Crippen LogP contribution >= 0.6 is 0 Å². The molecule has 2 nitrogen and oxygen atoms in total. The first kappa shape index (κ1) is 22.2. The molecule has 27 heavy (non-hydrogen) atoms. The van der Waals surface area contributed by atoms with Gasteiger partial charge in [-0.15, -0.1) is 0 Å². The maximum absolute atomic E-state index is 12.8. The molecule has 1 aromatic heterocycles. The van der Waals surface area contributed by atoms with E-state index in [1.807, 2.05) is 12.1 Å². The van der Waals surface area contributed by atoms with Crippen molar-refractivity contribution in [3.05, 3.63) is 24.2 Å². The summed E-state index contributed by atoms with van der Waals surface area (Å²) in [5.74, 6) is 1.62. The second kappa shape index (κ2) is 14.0. The van der Waals surface area contributed by atoms with Crippen LogP contribution in [0.25, 0.3) is 0 Å². The molecule has 154 valence electrons. The SMILES string of the molecule is CCCCCCCCCCCCCCC(C(=O)c1ccco1)C1CCCC1. The summed E-state index contributed by atoms with van der Waals surface area (Å²) in [6, 6.07) is 3.68. The van der Waals surface area contributed by atoms with Crippen LogP contribution in [-0.4, -0.2) is 5.78 Å². The Morgan fingerprint density at radius 3 is 2.00 bits per heavy atom. The van der Waals surface area contributed by atoms with E-state index >= 15 is 0 Å². The molecule has 1 aromatic rings. The van der Waals surface area contributed by atoms with Crippen LogP contribution in [0.3, 0.4) is 0 Å². The molecular weight excluding hydrogens is 332 g/mol. The molecule has 0 spiro atoms. The molecule has 1 atom stereocenters. The molecule has 1 heterocycles. The lowest BCUT2D eigenvalue weighted by atomic mass is 9.82. The van der Waals surface area contributed by atoms with Crippen LogP contribution in [0, 0.1) is 11.8 Å². The first-order chi connectivity index (χ1) is 13.3. The van der Waals surface area contributed by atoms with E-state index in [0.29, 0.717) is 11.7 Å². The summed E-state index contributed by atoms with van der Waals surface area (Å²) in [4.78, 5) is 12.8. The standard InChI is InChI=1S/C25H42O2/c1-2-3-4-5-6-7-8-9-10-11-12-13-19-23(22-17-14-15-18-22)25(26)24-20-16-21-27-24/h16,20-23H,2-15,17-19H2,1H3. The number of ketones is 1. The number of Topliss-reactive ketones (excluding diaryl/α,β-unsaturated/α-hetero) is 1. The van der Waals surface area contributed by atoms with Gasteiger partial charge in [-0.3, -0.25) is 4.79 Å². The van der Waals surface area contributed by atoms with Crippen molar-refractivity contribution in [1.29, 1.82) is 0 Å². The Morgan fingerprint density at radius 1 is 0.926 bits per heavy atom. The molecule has 0 saturated heterocycles. The fraction of sp³-hybridized carbons (Fsp3) is 0.800. The van der Waals surface area contributed by atoms with Gasteiger partial charge in [0.25, 0.3) is 0 Å². The minimum atomic E-state index is 0.196. The predicted octanol–water partition coefficient (Wildman–Crippen LogP) is 8.36. The zero-order valence-electron chi connectivity index (χ0n) is 17.7. The Morgan fingerprint density at radius 2 is 1.48 bits per heavy atom. The van der Waals surface area contributed by atoms with Crippen molar-refractivity contribution >= 4 is 5.78 Å². The van der Waals surface area contributed by atoms with Gasteiger partial charge in [-0.25, -0.2) is 0 Å². The van der Waals surface area contributed by atoms with Crippen molar-refractivity contribution in [1.82, 2.24) is 0 Å². The summed E-state index contributed by atoms with van der Waals surface area (Å²) >= 11 is 0. The van der Waals surface area contributed by atoms with Crippen molar-refractivity contribution < 1.29 is 9.21 Å². The summed E-state index contributed by atoms with van der Waals surface area (Å²) in [5, 5.41) is 0. The van der Waals surface area contributed by atoms with E-state index in [2.05, 4.69) is 6.92 Å². The van der Waals surface area contributed by atoms with Gasteiger partial charge in [0.2, 0.25) is 5.78 Å². The van der Waals surface area contributed by atoms with Crippen molar-refractivity contribution in [2.24, 2.45) is 11.8 Å². The molecule has 0 amide bonds. The number of carbonyl (C=O) groups is 1. The van der Waals surface area contributed by atoms with E-state index < -0.39 is 0 Å². The Bertz CT molecular complexity index is 471. The van der Waals surface area contributed by atoms with E-state index in [1.54, 1.807) is 6.26 Å². The summed E-state index contributed by atoms with van der Waals surface area (Å²) in [6.45, 7) is 2.28. The fourth-order valence-corrected chi connectivity index (χ4v) is 4.75. The van der Waals surface area contributed by atoms with Gasteiger partial charge in [-0.2, -0.15) is 0 Å². The van der Waals surface area contributed by atoms with Crippen molar-refractivity contribution in [2.75, 3.05) is 0 Å². The molecule has 0 N–H and O–H groups in total. The molecular formula is C25H42O2. The number of hydrogen-bond donors (Lipinski definition) is 0. The zero-order chi connectivity index (χ0) is 19.2. The normalized spacial score (nSPS) is 16.0. The summed E-state index contributed by atoms with van der Waals surface area (Å²) in [6.07, 6.45) is 24.2. The Balaban J connectivity index is 1.54. The maximum atomic E-state index is 12.8. The lowest BCUT2D eigenvalue weighted by Crippen LogP contribution is -2.22. The lowest BCUT2D eigenvalue weighted by Gasteiger charge is -2.21. The predicted molar refractivity (Wildman–Crippen MR) is 114 cm³/mol. The lowest BCUT2D eigenvalue weighted by molar-refractivity contribution is 0.0831. The zero-order valence-corrected chi connectivity index (χ0v) is 17.7. The third-order valence-electron chi connectivity index (χ3n) is 6.44. The number of hydrogen-bond acceptors (Lipinski definition) is 2. The first-order valence-electron chi connectivity index (χ1n) is 11.9. The van der Waals surface area contributed by atoms with Crippen LogP contribution < -0.4 is 0 Å². The Kier molecular flexibility index (Phi) is 11.5. The number of unbranched alkanes of at least 4 members (excludes halogenated alkanes) is 11. The molecule has 0 aliphatic heterocycles. The smallest absolute Gasteiger partial charge is 0.201 e. The highest BCUT2D eigenvalue weighted by molar-refractivity contribution is 5.95. The van der Waals surface area contributed by atoms with E-state index in [4.69, 9.17) is 4.42 Å². The maximum Gasteiger partial charge on any atom is 0.201 e. The third kappa shape index (κ3) is 8.66. The average molecular weight is 375 g/mol. The average Bonchev–Trinajstić information content (AvgIpc) is 3.39. The largest absolute Gasteiger partial charge is 0.461 e. The van der Waals surface area contributed by atoms with Crippen molar-refractivity contribution in [3.63, 3.8) is 0 Å². The molecule has 0 aromatic carbocycles. The minimum absolute atomic E-state index is 0.196. The van der Waals surface area contributed by atoms with Crippen LogP contribution in [0.5, 0.6) is 0 Å². The van der Waals surface area contributed by atoms with Gasteiger partial charge < -0.3 is 4.42 Å². The van der Waals surface area contributed by atoms with Crippen molar-refractivity contribution in [2.45, 2.75) is 116 Å². The van der Waals surface area contributed by atoms with Gasteiger partial charge in [-0.05, 0) is 37.3 Å². The van der Waals surface area contributed by atoms with Gasteiger partial charge in [0.1, 0.15) is 0 Å². The highest BCUT2D eigenvalue weighted by atomic mass is 16.3. The summed E-state index contributed by atoms with van der Waals surface area (Å²) in [7, 11) is 0. The van der Waals surface area contributed by atoms with Crippen LogP contribution in [0.15, 0.2) is 22.8 Å². The topological polar surface area (TPSA) is 30.2 Å². The third-order valence-corrected chi connectivity index (χ3v) is 6.44. The number of furan rings is 1. The Hall–Kier alpha value is -1.05. The van der Waals surface area contributed by atoms with E-state index in [-0.39, 0.29) is 11.7 Å². The van der Waals surface area contributed by atoms with Gasteiger partial charge in [-0.1, -0.05) is 96.8 Å². The highest BCUT2D eigenvalue weighted by Crippen LogP contribution is 2.36. The summed E-state index contributed by atoms with van der Waals surface area (Å²) in [5.41, 5.74) is 0. The molecule has 1 unspecified atom stereocenters.